The van der Waals surface area contributed by atoms with Crippen LogP contribution in [0.15, 0.2) is 0 Å². The van der Waals surface area contributed by atoms with Crippen molar-refractivity contribution in [2.45, 2.75) is 98.8 Å². The molecule has 170 valence electrons. The van der Waals surface area contributed by atoms with Crippen molar-refractivity contribution >= 4 is 0 Å². The largest absolute Gasteiger partial charge is 0.390 e. The predicted molar refractivity (Wildman–Crippen MR) is 91.2 cm³/mol. The van der Waals surface area contributed by atoms with E-state index in [0.29, 0.717) is 0 Å². The van der Waals surface area contributed by atoms with E-state index in [1.165, 1.54) is 13.8 Å². The zero-order chi connectivity index (χ0) is 21.9. The van der Waals surface area contributed by atoms with Gasteiger partial charge < -0.3 is 60.2 Å². The van der Waals surface area contributed by atoms with E-state index in [1.807, 2.05) is 0 Å². The Kier molecular flexibility index (Phi) is 6.31. The Hall–Kier alpha value is -0.480. The molecule has 0 amide bonds. The topological polar surface area (TPSA) is 210 Å². The number of hydrogen-bond donors (Lipinski definition) is 9. The molecular weight excluding hydrogens is 396 g/mol. The van der Waals surface area contributed by atoms with Crippen LogP contribution in [0, 0.1) is 0 Å². The van der Waals surface area contributed by atoms with Crippen molar-refractivity contribution < 1.29 is 60.2 Å². The van der Waals surface area contributed by atoms with Crippen LogP contribution in [-0.2, 0) is 14.2 Å². The summed E-state index contributed by atoms with van der Waals surface area (Å²) in [6.45, 7) is 2.41. The molecule has 0 spiro atoms. The van der Waals surface area contributed by atoms with Gasteiger partial charge in [-0.05, 0) is 20.3 Å². The van der Waals surface area contributed by atoms with Gasteiger partial charge in [-0.3, -0.25) is 0 Å². The van der Waals surface area contributed by atoms with Crippen LogP contribution < -0.4 is 0 Å². The maximum atomic E-state index is 11.4. The Balaban J connectivity index is 2.04. The standard InChI is InChI=1S/C17H30O12/c1-5-8(19)10(21)12(23)14(28-5)16(25)7(18)3-4-27-17(16,26)15-13(24)11(22)9(20)6(2)29-15/h5-15,18-26H,3-4H2,1-2H3/t5-,6-,7?,8+,9+,10+,11+,12-,13-,14?,15?,16?,17?/m0/s1. The lowest BCUT2D eigenvalue weighted by Crippen LogP contribution is -2.82. The maximum absolute atomic E-state index is 11.4. The van der Waals surface area contributed by atoms with Gasteiger partial charge in [0, 0.05) is 0 Å². The lowest BCUT2D eigenvalue weighted by Gasteiger charge is -2.59. The monoisotopic (exact) mass is 426 g/mol. The summed E-state index contributed by atoms with van der Waals surface area (Å²) in [5.74, 6) is -2.92. The molecular formula is C17H30O12. The van der Waals surface area contributed by atoms with Gasteiger partial charge in [0.05, 0.1) is 24.9 Å². The first-order valence-electron chi connectivity index (χ1n) is 9.54. The van der Waals surface area contributed by atoms with Crippen molar-refractivity contribution in [2.24, 2.45) is 0 Å². The van der Waals surface area contributed by atoms with Gasteiger partial charge in [-0.25, -0.2) is 0 Å². The third-order valence-electron chi connectivity index (χ3n) is 6.32. The molecule has 0 aromatic carbocycles. The van der Waals surface area contributed by atoms with Gasteiger partial charge in [0.15, 0.2) is 5.60 Å². The molecule has 0 bridgehead atoms. The summed E-state index contributed by atoms with van der Waals surface area (Å²) in [6.07, 6.45) is -18.4. The summed E-state index contributed by atoms with van der Waals surface area (Å²) in [7, 11) is 0. The van der Waals surface area contributed by atoms with Crippen LogP contribution >= 0.6 is 0 Å². The van der Waals surface area contributed by atoms with Gasteiger partial charge in [-0.1, -0.05) is 0 Å². The summed E-state index contributed by atoms with van der Waals surface area (Å²) in [5.41, 5.74) is -2.85. The normalized spacial score (nSPS) is 59.5. The Morgan fingerprint density at radius 3 is 1.62 bits per heavy atom. The first-order valence-corrected chi connectivity index (χ1v) is 9.54. The number of rotatable bonds is 2. The van der Waals surface area contributed by atoms with Crippen LogP contribution in [0.4, 0.5) is 0 Å². The number of hydrogen-bond acceptors (Lipinski definition) is 12. The van der Waals surface area contributed by atoms with E-state index in [0.717, 1.165) is 0 Å². The van der Waals surface area contributed by atoms with Crippen molar-refractivity contribution in [3.05, 3.63) is 0 Å². The Bertz CT molecular complexity index is 593. The van der Waals surface area contributed by atoms with Crippen LogP contribution in [-0.4, -0.2) is 131 Å². The minimum atomic E-state index is -2.92. The van der Waals surface area contributed by atoms with Crippen LogP contribution in [0.1, 0.15) is 20.3 Å². The molecule has 3 aliphatic heterocycles. The highest BCUT2D eigenvalue weighted by Crippen LogP contribution is 2.46. The third kappa shape index (κ3) is 3.32. The second-order valence-corrected chi connectivity index (χ2v) is 8.14. The number of aliphatic hydroxyl groups is 9. The highest BCUT2D eigenvalue weighted by atomic mass is 16.7. The molecule has 5 unspecified atom stereocenters. The van der Waals surface area contributed by atoms with Crippen molar-refractivity contribution in [2.75, 3.05) is 6.61 Å². The smallest absolute Gasteiger partial charge is 0.230 e. The summed E-state index contributed by atoms with van der Waals surface area (Å²) >= 11 is 0. The Morgan fingerprint density at radius 1 is 0.655 bits per heavy atom. The van der Waals surface area contributed by atoms with E-state index >= 15 is 0 Å². The second-order valence-electron chi connectivity index (χ2n) is 8.14. The fourth-order valence-corrected chi connectivity index (χ4v) is 4.39. The molecule has 0 aromatic rings. The summed E-state index contributed by atoms with van der Waals surface area (Å²) in [4.78, 5) is 0. The summed E-state index contributed by atoms with van der Waals surface area (Å²) in [6, 6.07) is 0. The van der Waals surface area contributed by atoms with Crippen molar-refractivity contribution in [3.63, 3.8) is 0 Å². The Morgan fingerprint density at radius 2 is 1.10 bits per heavy atom. The fourth-order valence-electron chi connectivity index (χ4n) is 4.39. The van der Waals surface area contributed by atoms with Gasteiger partial charge in [0.2, 0.25) is 5.79 Å². The van der Waals surface area contributed by atoms with E-state index in [1.54, 1.807) is 0 Å². The van der Waals surface area contributed by atoms with E-state index in [-0.39, 0.29) is 13.0 Å². The van der Waals surface area contributed by atoms with Gasteiger partial charge in [0.1, 0.15) is 48.8 Å². The van der Waals surface area contributed by atoms with Crippen LogP contribution in [0.5, 0.6) is 0 Å². The van der Waals surface area contributed by atoms with Crippen molar-refractivity contribution in [1.82, 2.24) is 0 Å². The molecule has 3 aliphatic rings. The molecule has 0 aliphatic carbocycles. The van der Waals surface area contributed by atoms with E-state index in [9.17, 15) is 46.0 Å². The minimum Gasteiger partial charge on any atom is -0.390 e. The molecule has 29 heavy (non-hydrogen) atoms. The van der Waals surface area contributed by atoms with E-state index in [2.05, 4.69) is 0 Å². The fraction of sp³-hybridized carbons (Fsp3) is 1.00. The quantitative estimate of drug-likeness (QED) is 0.203. The minimum absolute atomic E-state index is 0.206. The molecule has 3 rings (SSSR count). The SMILES string of the molecule is C[C@@H]1OC(C2(O)OCCC(O)C2(O)C2O[C@@H](C)[C@@H](O)[C@@H](O)[C@@H]2O)[C@@H](O)[C@H](O)[C@@H]1O. The van der Waals surface area contributed by atoms with E-state index < -0.39 is 78.5 Å². The average molecular weight is 426 g/mol. The molecule has 3 saturated heterocycles. The van der Waals surface area contributed by atoms with Gasteiger partial charge >= 0.3 is 0 Å². The molecule has 3 heterocycles. The Labute approximate surface area is 166 Å². The second kappa shape index (κ2) is 7.89. The van der Waals surface area contributed by atoms with Gasteiger partial charge in [-0.2, -0.15) is 0 Å². The molecule has 12 nitrogen and oxygen atoms in total. The summed E-state index contributed by atoms with van der Waals surface area (Å²) in [5, 5.41) is 94.3. The van der Waals surface area contributed by atoms with E-state index in [4.69, 9.17) is 14.2 Å². The van der Waals surface area contributed by atoms with Crippen LogP contribution in [0.25, 0.3) is 0 Å². The highest BCUT2D eigenvalue weighted by Gasteiger charge is 2.71. The summed E-state index contributed by atoms with van der Waals surface area (Å²) < 4.78 is 16.2. The van der Waals surface area contributed by atoms with Gasteiger partial charge in [0.25, 0.3) is 0 Å². The maximum Gasteiger partial charge on any atom is 0.230 e. The molecule has 13 atom stereocenters. The molecule has 9 N–H and O–H groups in total. The third-order valence-corrected chi connectivity index (χ3v) is 6.32. The number of ether oxygens (including phenoxy) is 3. The lowest BCUT2D eigenvalue weighted by atomic mass is 9.70. The highest BCUT2D eigenvalue weighted by molar-refractivity contribution is 5.16. The zero-order valence-corrected chi connectivity index (χ0v) is 16.0. The van der Waals surface area contributed by atoms with Crippen molar-refractivity contribution in [1.29, 1.82) is 0 Å². The molecule has 0 saturated carbocycles. The predicted octanol–water partition coefficient (Wildman–Crippen LogP) is -5.07. The van der Waals surface area contributed by atoms with Crippen molar-refractivity contribution in [3.8, 4) is 0 Å². The molecule has 3 fully saturated rings. The first-order chi connectivity index (χ1) is 13.4. The first kappa shape index (κ1) is 23.2. The van der Waals surface area contributed by atoms with Crippen LogP contribution in [0.3, 0.4) is 0 Å². The molecule has 12 heteroatoms. The average Bonchev–Trinajstić information content (AvgIpc) is 2.68. The van der Waals surface area contributed by atoms with Crippen LogP contribution in [0.2, 0.25) is 0 Å². The number of aliphatic hydroxyl groups excluding tert-OH is 7. The lowest BCUT2D eigenvalue weighted by molar-refractivity contribution is -0.434. The zero-order valence-electron chi connectivity index (χ0n) is 16.0. The van der Waals surface area contributed by atoms with Gasteiger partial charge in [-0.15, -0.1) is 0 Å². The molecule has 0 radical (unpaired) electrons. The molecule has 0 aromatic heterocycles.